The van der Waals surface area contributed by atoms with Gasteiger partial charge in [0.05, 0.1) is 11.0 Å². The molecule has 0 atom stereocenters. The van der Waals surface area contributed by atoms with Crippen LogP contribution in [0.1, 0.15) is 0 Å². The van der Waals surface area contributed by atoms with Crippen LogP contribution in [0, 0.1) is 0 Å². The molecule has 2 aromatic heterocycles. The molecule has 0 unspecified atom stereocenters. The summed E-state index contributed by atoms with van der Waals surface area (Å²) in [6.45, 7) is 0. The first kappa shape index (κ1) is 15.1. The van der Waals surface area contributed by atoms with E-state index in [0.717, 1.165) is 0 Å². The minimum absolute atomic E-state index is 1.28. The van der Waals surface area contributed by atoms with Crippen LogP contribution in [0.2, 0.25) is 0 Å². The van der Waals surface area contributed by atoms with Gasteiger partial charge in [-0.3, -0.25) is 0 Å². The maximum absolute atomic E-state index is 2.42. The third-order valence-corrected chi connectivity index (χ3v) is 6.32. The van der Waals surface area contributed by atoms with Crippen LogP contribution < -0.4 is 0 Å². The second-order valence-electron chi connectivity index (χ2n) is 7.83. The molecule has 0 spiro atoms. The van der Waals surface area contributed by atoms with Crippen molar-refractivity contribution in [3.8, 4) is 0 Å². The molecule has 5 aromatic carbocycles. The average Bonchev–Trinajstić information content (AvgIpc) is 3.18. The van der Waals surface area contributed by atoms with E-state index in [9.17, 15) is 0 Å². The second-order valence-corrected chi connectivity index (χ2v) is 7.83. The first-order valence-electron chi connectivity index (χ1n) is 10.0. The van der Waals surface area contributed by atoms with Crippen molar-refractivity contribution in [3.63, 3.8) is 0 Å². The normalized spacial score (nSPS) is 12.1. The van der Waals surface area contributed by atoms with Gasteiger partial charge in [-0.15, -0.1) is 0 Å². The molecular formula is C28H17N. The SMILES string of the molecule is c1ccc2c(c1)ccc1c2c2ccc3ccccc3c2n2cc3ccccc3c12. The molecule has 2 heterocycles. The minimum atomic E-state index is 1.28. The zero-order chi connectivity index (χ0) is 18.9. The Balaban J connectivity index is 1.94. The quantitative estimate of drug-likeness (QED) is 0.242. The minimum Gasteiger partial charge on any atom is -0.314 e. The molecule has 0 bridgehead atoms. The highest BCUT2D eigenvalue weighted by Crippen LogP contribution is 2.40. The molecule has 7 rings (SSSR count). The first-order chi connectivity index (χ1) is 14.4. The van der Waals surface area contributed by atoms with Crippen LogP contribution in [0.4, 0.5) is 0 Å². The lowest BCUT2D eigenvalue weighted by Crippen LogP contribution is -1.92. The van der Waals surface area contributed by atoms with E-state index in [0.29, 0.717) is 0 Å². The van der Waals surface area contributed by atoms with Crippen LogP contribution in [-0.2, 0) is 0 Å². The van der Waals surface area contributed by atoms with Crippen molar-refractivity contribution in [1.29, 1.82) is 0 Å². The van der Waals surface area contributed by atoms with Gasteiger partial charge in [0.25, 0.3) is 0 Å². The van der Waals surface area contributed by atoms with Gasteiger partial charge in [-0.05, 0) is 16.2 Å². The lowest BCUT2D eigenvalue weighted by Gasteiger charge is -2.14. The monoisotopic (exact) mass is 367 g/mol. The summed E-state index contributed by atoms with van der Waals surface area (Å²) in [5.41, 5.74) is 2.59. The van der Waals surface area contributed by atoms with Gasteiger partial charge in [0, 0.05) is 38.5 Å². The van der Waals surface area contributed by atoms with Crippen LogP contribution in [-0.4, -0.2) is 4.40 Å². The van der Waals surface area contributed by atoms with Gasteiger partial charge < -0.3 is 4.40 Å². The Labute approximate surface area is 167 Å². The van der Waals surface area contributed by atoms with Gasteiger partial charge in [-0.25, -0.2) is 0 Å². The summed E-state index contributed by atoms with van der Waals surface area (Å²) in [5, 5.41) is 11.7. The topological polar surface area (TPSA) is 4.41 Å². The van der Waals surface area contributed by atoms with Gasteiger partial charge in [0.1, 0.15) is 0 Å². The summed E-state index contributed by atoms with van der Waals surface area (Å²) in [4.78, 5) is 0. The number of hydrogen-bond acceptors (Lipinski definition) is 0. The number of rotatable bonds is 0. The summed E-state index contributed by atoms with van der Waals surface area (Å²) < 4.78 is 2.42. The maximum atomic E-state index is 2.42. The molecule has 0 aliphatic heterocycles. The highest BCUT2D eigenvalue weighted by atomic mass is 14.9. The molecule has 0 saturated heterocycles. The lowest BCUT2D eigenvalue weighted by molar-refractivity contribution is 1.30. The first-order valence-corrected chi connectivity index (χ1v) is 10.0. The number of aromatic nitrogens is 1. The Bertz CT molecular complexity index is 1750. The molecule has 0 saturated carbocycles. The van der Waals surface area contributed by atoms with Crippen LogP contribution in [0.5, 0.6) is 0 Å². The Morgan fingerprint density at radius 2 is 0.862 bits per heavy atom. The molecule has 1 nitrogen and oxygen atoms in total. The van der Waals surface area contributed by atoms with E-state index in [1.807, 2.05) is 0 Å². The Kier molecular flexibility index (Phi) is 2.80. The molecule has 7 aromatic rings. The number of hydrogen-bond donors (Lipinski definition) is 0. The zero-order valence-electron chi connectivity index (χ0n) is 15.8. The Morgan fingerprint density at radius 1 is 0.379 bits per heavy atom. The van der Waals surface area contributed by atoms with Crippen LogP contribution in [0.25, 0.3) is 59.5 Å². The largest absolute Gasteiger partial charge is 0.314 e. The third kappa shape index (κ3) is 1.89. The summed E-state index contributed by atoms with van der Waals surface area (Å²) in [5.74, 6) is 0. The van der Waals surface area contributed by atoms with E-state index >= 15 is 0 Å². The molecule has 0 amide bonds. The van der Waals surface area contributed by atoms with E-state index < -0.39 is 0 Å². The fraction of sp³-hybridized carbons (Fsp3) is 0. The van der Waals surface area contributed by atoms with Gasteiger partial charge >= 0.3 is 0 Å². The summed E-state index contributed by atoms with van der Waals surface area (Å²) in [6, 6.07) is 35.3. The van der Waals surface area contributed by atoms with Gasteiger partial charge in [0.2, 0.25) is 0 Å². The van der Waals surface area contributed by atoms with E-state index in [2.05, 4.69) is 108 Å². The summed E-state index contributed by atoms with van der Waals surface area (Å²) >= 11 is 0. The van der Waals surface area contributed by atoms with Gasteiger partial charge in [-0.2, -0.15) is 0 Å². The lowest BCUT2D eigenvalue weighted by atomic mass is 9.95. The standard InChI is InChI=1S/C28H17N/c1-4-10-21-18(7-1)13-15-25-26(21)24-16-14-19-8-2-5-11-22(19)27(24)29-17-20-9-3-6-12-23(20)28(25)29/h1-17H. The molecule has 134 valence electrons. The van der Waals surface area contributed by atoms with Gasteiger partial charge in [0.15, 0.2) is 0 Å². The molecule has 0 fully saturated rings. The molecular weight excluding hydrogens is 350 g/mol. The predicted octanol–water partition coefficient (Wildman–Crippen LogP) is 7.71. The summed E-state index contributed by atoms with van der Waals surface area (Å²) in [7, 11) is 0. The van der Waals surface area contributed by atoms with Crippen molar-refractivity contribution in [2.75, 3.05) is 0 Å². The maximum Gasteiger partial charge on any atom is 0.0614 e. The number of nitrogens with zero attached hydrogens (tertiary/aromatic N) is 1. The second kappa shape index (κ2) is 5.36. The fourth-order valence-corrected chi connectivity index (χ4v) is 5.09. The predicted molar refractivity (Wildman–Crippen MR) is 125 cm³/mol. The van der Waals surface area contributed by atoms with Crippen molar-refractivity contribution in [2.24, 2.45) is 0 Å². The Morgan fingerprint density at radius 3 is 1.52 bits per heavy atom. The molecule has 29 heavy (non-hydrogen) atoms. The molecule has 0 aliphatic rings. The van der Waals surface area contributed by atoms with Crippen molar-refractivity contribution >= 4 is 59.5 Å². The summed E-state index contributed by atoms with van der Waals surface area (Å²) in [6.07, 6.45) is 2.30. The van der Waals surface area contributed by atoms with Crippen LogP contribution >= 0.6 is 0 Å². The van der Waals surface area contributed by atoms with Crippen LogP contribution in [0.15, 0.2) is 103 Å². The number of benzene rings is 5. The Hall–Kier alpha value is -3.84. The van der Waals surface area contributed by atoms with Crippen LogP contribution in [0.3, 0.4) is 0 Å². The van der Waals surface area contributed by atoms with Crippen molar-refractivity contribution in [1.82, 2.24) is 4.40 Å². The van der Waals surface area contributed by atoms with Crippen molar-refractivity contribution in [3.05, 3.63) is 103 Å². The zero-order valence-corrected chi connectivity index (χ0v) is 15.8. The molecule has 0 radical (unpaired) electrons. The highest BCUT2D eigenvalue weighted by molar-refractivity contribution is 6.29. The van der Waals surface area contributed by atoms with E-state index in [1.165, 1.54) is 59.5 Å². The number of pyridine rings is 1. The smallest absolute Gasteiger partial charge is 0.0614 e. The molecule has 0 N–H and O–H groups in total. The van der Waals surface area contributed by atoms with E-state index in [1.54, 1.807) is 0 Å². The van der Waals surface area contributed by atoms with E-state index in [-0.39, 0.29) is 0 Å². The van der Waals surface area contributed by atoms with Crippen molar-refractivity contribution < 1.29 is 0 Å². The third-order valence-electron chi connectivity index (χ3n) is 6.32. The average molecular weight is 367 g/mol. The van der Waals surface area contributed by atoms with Crippen molar-refractivity contribution in [2.45, 2.75) is 0 Å². The van der Waals surface area contributed by atoms with E-state index in [4.69, 9.17) is 0 Å². The number of fused-ring (bicyclic) bond motifs is 12. The molecule has 0 aliphatic carbocycles. The van der Waals surface area contributed by atoms with Gasteiger partial charge in [-0.1, -0.05) is 97.1 Å². The highest BCUT2D eigenvalue weighted by Gasteiger charge is 2.15. The molecule has 1 heteroatoms. The fourth-order valence-electron chi connectivity index (χ4n) is 5.09.